The second-order valence-electron chi connectivity index (χ2n) is 5.87. The molecule has 0 atom stereocenters. The van der Waals surface area contributed by atoms with Gasteiger partial charge in [-0.1, -0.05) is 35.6 Å². The number of aryl methyl sites for hydroxylation is 1. The Morgan fingerprint density at radius 1 is 1.15 bits per heavy atom. The van der Waals surface area contributed by atoms with E-state index in [2.05, 4.69) is 15.9 Å². The van der Waals surface area contributed by atoms with Crippen molar-refractivity contribution in [3.8, 4) is 0 Å². The molecule has 4 rings (SSSR count). The first kappa shape index (κ1) is 17.0. The first-order valence-corrected chi connectivity index (χ1v) is 9.69. The standard InChI is InChI=1S/C20H15BrN2O2S/c1-13-6-4-10-17-18(13)22-20(26-17)23(12-14-7-5-11-25-14)19(24)15-8-2-3-9-16(15)21/h2-11H,12H2,1H3. The van der Waals surface area contributed by atoms with Crippen LogP contribution in [0.3, 0.4) is 0 Å². The van der Waals surface area contributed by atoms with E-state index in [1.807, 2.05) is 55.5 Å². The Morgan fingerprint density at radius 3 is 2.73 bits per heavy atom. The Labute approximate surface area is 163 Å². The smallest absolute Gasteiger partial charge is 0.261 e. The van der Waals surface area contributed by atoms with Gasteiger partial charge in [0, 0.05) is 4.47 Å². The second kappa shape index (κ2) is 7.05. The van der Waals surface area contributed by atoms with Crippen LogP contribution in [-0.2, 0) is 6.54 Å². The number of aromatic nitrogens is 1. The number of nitrogens with zero attached hydrogens (tertiary/aromatic N) is 2. The van der Waals surface area contributed by atoms with Gasteiger partial charge in [0.2, 0.25) is 0 Å². The molecule has 4 nitrogen and oxygen atoms in total. The summed E-state index contributed by atoms with van der Waals surface area (Å²) < 4.78 is 7.29. The third-order valence-electron chi connectivity index (χ3n) is 4.08. The number of benzene rings is 2. The first-order valence-electron chi connectivity index (χ1n) is 8.08. The zero-order chi connectivity index (χ0) is 18.1. The number of carbonyl (C=O) groups excluding carboxylic acids is 1. The molecule has 6 heteroatoms. The monoisotopic (exact) mass is 426 g/mol. The molecule has 1 amide bonds. The number of hydrogen-bond donors (Lipinski definition) is 0. The van der Waals surface area contributed by atoms with Crippen LogP contribution in [0.4, 0.5) is 5.13 Å². The van der Waals surface area contributed by atoms with Crippen molar-refractivity contribution in [3.05, 3.63) is 82.2 Å². The molecule has 130 valence electrons. The molecule has 0 bridgehead atoms. The molecular weight excluding hydrogens is 412 g/mol. The van der Waals surface area contributed by atoms with Gasteiger partial charge in [0.25, 0.3) is 5.91 Å². The molecule has 2 aromatic carbocycles. The lowest BCUT2D eigenvalue weighted by atomic mass is 10.2. The summed E-state index contributed by atoms with van der Waals surface area (Å²) in [5.41, 5.74) is 2.61. The highest BCUT2D eigenvalue weighted by atomic mass is 79.9. The minimum atomic E-state index is -0.120. The summed E-state index contributed by atoms with van der Waals surface area (Å²) in [6.07, 6.45) is 1.61. The van der Waals surface area contributed by atoms with E-state index >= 15 is 0 Å². The number of furan rings is 1. The summed E-state index contributed by atoms with van der Waals surface area (Å²) in [5, 5.41) is 0.659. The SMILES string of the molecule is Cc1cccc2sc(N(Cc3ccco3)C(=O)c3ccccc3Br)nc12. The van der Waals surface area contributed by atoms with E-state index in [1.54, 1.807) is 17.2 Å². The Bertz CT molecular complexity index is 1070. The predicted octanol–water partition coefficient (Wildman–Crippen LogP) is 5.81. The van der Waals surface area contributed by atoms with Crippen LogP contribution in [-0.4, -0.2) is 10.9 Å². The number of amides is 1. The Morgan fingerprint density at radius 2 is 2.00 bits per heavy atom. The fraction of sp³-hybridized carbons (Fsp3) is 0.100. The lowest BCUT2D eigenvalue weighted by Crippen LogP contribution is -2.30. The fourth-order valence-electron chi connectivity index (χ4n) is 2.75. The third-order valence-corrected chi connectivity index (χ3v) is 5.82. The maximum atomic E-state index is 13.3. The third kappa shape index (κ3) is 3.18. The van der Waals surface area contributed by atoms with Crippen LogP contribution < -0.4 is 4.90 Å². The largest absolute Gasteiger partial charge is 0.467 e. The number of halogens is 1. The van der Waals surface area contributed by atoms with Crippen LogP contribution in [0.25, 0.3) is 10.2 Å². The van der Waals surface area contributed by atoms with Crippen LogP contribution in [0.5, 0.6) is 0 Å². The molecule has 0 N–H and O–H groups in total. The van der Waals surface area contributed by atoms with Gasteiger partial charge < -0.3 is 4.42 Å². The van der Waals surface area contributed by atoms with Crippen molar-refractivity contribution >= 4 is 48.5 Å². The van der Waals surface area contributed by atoms with Gasteiger partial charge in [0.15, 0.2) is 5.13 Å². The van der Waals surface area contributed by atoms with E-state index < -0.39 is 0 Å². The van der Waals surface area contributed by atoms with Crippen molar-refractivity contribution in [1.82, 2.24) is 4.98 Å². The van der Waals surface area contributed by atoms with Gasteiger partial charge in [-0.2, -0.15) is 0 Å². The second-order valence-corrected chi connectivity index (χ2v) is 7.73. The molecule has 0 aliphatic carbocycles. The van der Waals surface area contributed by atoms with Crippen LogP contribution in [0.1, 0.15) is 21.7 Å². The molecule has 0 aliphatic rings. The number of para-hydroxylation sites is 1. The van der Waals surface area contributed by atoms with Crippen molar-refractivity contribution < 1.29 is 9.21 Å². The first-order chi connectivity index (χ1) is 12.6. The van der Waals surface area contributed by atoms with Gasteiger partial charge in [-0.15, -0.1) is 0 Å². The average Bonchev–Trinajstić information content (AvgIpc) is 3.29. The minimum absolute atomic E-state index is 0.120. The Kier molecular flexibility index (Phi) is 4.61. The molecule has 0 unspecified atom stereocenters. The van der Waals surface area contributed by atoms with E-state index in [0.717, 1.165) is 20.3 Å². The summed E-state index contributed by atoms with van der Waals surface area (Å²) >= 11 is 4.98. The van der Waals surface area contributed by atoms with E-state index in [9.17, 15) is 4.79 Å². The van der Waals surface area contributed by atoms with Gasteiger partial charge in [0.1, 0.15) is 5.76 Å². The highest BCUT2D eigenvalue weighted by molar-refractivity contribution is 9.10. The van der Waals surface area contributed by atoms with Crippen LogP contribution in [0, 0.1) is 6.92 Å². The van der Waals surface area contributed by atoms with E-state index in [0.29, 0.717) is 23.0 Å². The molecule has 2 heterocycles. The maximum Gasteiger partial charge on any atom is 0.261 e. The molecule has 26 heavy (non-hydrogen) atoms. The average molecular weight is 427 g/mol. The van der Waals surface area contributed by atoms with E-state index in [1.165, 1.54) is 11.3 Å². The van der Waals surface area contributed by atoms with Gasteiger partial charge >= 0.3 is 0 Å². The van der Waals surface area contributed by atoms with Crippen LogP contribution in [0.15, 0.2) is 69.8 Å². The number of anilines is 1. The summed E-state index contributed by atoms with van der Waals surface area (Å²) in [6.45, 7) is 2.35. The normalized spacial score (nSPS) is 11.0. The lowest BCUT2D eigenvalue weighted by Gasteiger charge is -2.19. The molecule has 2 aromatic heterocycles. The van der Waals surface area contributed by atoms with E-state index in [4.69, 9.17) is 9.40 Å². The number of carbonyl (C=O) groups is 1. The van der Waals surface area contributed by atoms with Crippen molar-refractivity contribution in [2.24, 2.45) is 0 Å². The quantitative estimate of drug-likeness (QED) is 0.413. The Balaban J connectivity index is 1.80. The van der Waals surface area contributed by atoms with Gasteiger partial charge in [0.05, 0.1) is 28.6 Å². The predicted molar refractivity (Wildman–Crippen MR) is 108 cm³/mol. The number of thiazole rings is 1. The van der Waals surface area contributed by atoms with Crippen molar-refractivity contribution in [2.75, 3.05) is 4.90 Å². The molecule has 0 fully saturated rings. The van der Waals surface area contributed by atoms with Crippen LogP contribution in [0.2, 0.25) is 0 Å². The van der Waals surface area contributed by atoms with E-state index in [-0.39, 0.29) is 5.91 Å². The van der Waals surface area contributed by atoms with Crippen molar-refractivity contribution in [3.63, 3.8) is 0 Å². The fourth-order valence-corrected chi connectivity index (χ4v) is 4.25. The molecule has 0 aliphatic heterocycles. The summed E-state index contributed by atoms with van der Waals surface area (Å²) in [6, 6.07) is 17.1. The topological polar surface area (TPSA) is 46.3 Å². The molecular formula is C20H15BrN2O2S. The lowest BCUT2D eigenvalue weighted by molar-refractivity contribution is 0.0982. The minimum Gasteiger partial charge on any atom is -0.467 e. The van der Waals surface area contributed by atoms with Gasteiger partial charge in [-0.25, -0.2) is 4.98 Å². The Hall–Kier alpha value is -2.44. The zero-order valence-corrected chi connectivity index (χ0v) is 16.4. The number of fused-ring (bicyclic) bond motifs is 1. The summed E-state index contributed by atoms with van der Waals surface area (Å²) in [5.74, 6) is 0.590. The summed E-state index contributed by atoms with van der Waals surface area (Å²) in [7, 11) is 0. The van der Waals surface area contributed by atoms with Crippen molar-refractivity contribution in [2.45, 2.75) is 13.5 Å². The molecule has 0 radical (unpaired) electrons. The van der Waals surface area contributed by atoms with Crippen molar-refractivity contribution in [1.29, 1.82) is 0 Å². The molecule has 0 spiro atoms. The van der Waals surface area contributed by atoms with Crippen LogP contribution >= 0.6 is 27.3 Å². The highest BCUT2D eigenvalue weighted by Gasteiger charge is 2.24. The highest BCUT2D eigenvalue weighted by Crippen LogP contribution is 2.33. The maximum absolute atomic E-state index is 13.3. The van der Waals surface area contributed by atoms with Gasteiger partial charge in [-0.05, 0) is 58.7 Å². The zero-order valence-electron chi connectivity index (χ0n) is 14.0. The molecule has 4 aromatic rings. The number of rotatable bonds is 4. The van der Waals surface area contributed by atoms with Gasteiger partial charge in [-0.3, -0.25) is 9.69 Å². The molecule has 0 saturated carbocycles. The molecule has 0 saturated heterocycles. The number of hydrogen-bond acceptors (Lipinski definition) is 4. The summed E-state index contributed by atoms with van der Waals surface area (Å²) in [4.78, 5) is 19.7.